The molecule has 0 fully saturated rings. The number of aryl methyl sites for hydroxylation is 1. The van der Waals surface area contributed by atoms with Crippen molar-refractivity contribution < 1.29 is 9.53 Å². The van der Waals surface area contributed by atoms with Gasteiger partial charge in [-0.15, -0.1) is 0 Å². The minimum absolute atomic E-state index is 0.113. The molecule has 0 aliphatic heterocycles. The van der Waals surface area contributed by atoms with Crippen LogP contribution < -0.4 is 10.1 Å². The third-order valence-electron chi connectivity index (χ3n) is 6.44. The van der Waals surface area contributed by atoms with Gasteiger partial charge in [0, 0.05) is 36.0 Å². The quantitative estimate of drug-likeness (QED) is 0.320. The molecule has 2 aromatic heterocycles. The number of benzene rings is 1. The Bertz CT molecular complexity index is 1070. The molecule has 1 N–H and O–H groups in total. The normalized spacial score (nSPS) is 11.5. The molecule has 0 aliphatic carbocycles. The molecule has 6 nitrogen and oxygen atoms in total. The Balaban J connectivity index is 1.99. The van der Waals surface area contributed by atoms with Crippen molar-refractivity contribution in [3.63, 3.8) is 0 Å². The Kier molecular flexibility index (Phi) is 9.73. The third kappa shape index (κ3) is 7.07. The van der Waals surface area contributed by atoms with Gasteiger partial charge >= 0.3 is 0 Å². The Labute approximate surface area is 210 Å². The maximum Gasteiger partial charge on any atom is 0.253 e. The molecule has 3 aromatic rings. The highest BCUT2D eigenvalue weighted by molar-refractivity contribution is 5.95. The van der Waals surface area contributed by atoms with Crippen LogP contribution in [-0.4, -0.2) is 54.2 Å². The van der Waals surface area contributed by atoms with E-state index < -0.39 is 0 Å². The van der Waals surface area contributed by atoms with Crippen LogP contribution in [0.15, 0.2) is 42.6 Å². The van der Waals surface area contributed by atoms with Crippen molar-refractivity contribution in [1.29, 1.82) is 0 Å². The highest BCUT2D eigenvalue weighted by atomic mass is 16.5. The predicted octanol–water partition coefficient (Wildman–Crippen LogP) is 5.70. The van der Waals surface area contributed by atoms with Crippen molar-refractivity contribution in [2.75, 3.05) is 33.8 Å². The van der Waals surface area contributed by atoms with E-state index in [1.165, 1.54) is 5.56 Å². The predicted molar refractivity (Wildman–Crippen MR) is 144 cm³/mol. The maximum absolute atomic E-state index is 13.6. The van der Waals surface area contributed by atoms with Gasteiger partial charge in [-0.25, -0.2) is 4.52 Å². The number of fused-ring (bicyclic) bond motifs is 1. The van der Waals surface area contributed by atoms with Crippen LogP contribution in [0.25, 0.3) is 16.8 Å². The summed E-state index contributed by atoms with van der Waals surface area (Å²) in [5.41, 5.74) is 4.93. The van der Waals surface area contributed by atoms with E-state index in [1.54, 1.807) is 7.11 Å². The standard InChI is InChI=1S/C29H42N4O2/c1-21(2)13-17-32(18-14-22(3)4)29(34)24-15-19-33-27(20-24)26(8-7-16-30-5)28(31-33)23-9-11-25(35-6)12-10-23/h9-12,15,19-22,30H,7-8,13-14,16-18H2,1-6H3. The largest absolute Gasteiger partial charge is 0.497 e. The number of rotatable bonds is 13. The van der Waals surface area contributed by atoms with Gasteiger partial charge in [0.1, 0.15) is 5.75 Å². The van der Waals surface area contributed by atoms with Gasteiger partial charge < -0.3 is 15.0 Å². The summed E-state index contributed by atoms with van der Waals surface area (Å²) in [6.07, 6.45) is 5.83. The first-order chi connectivity index (χ1) is 16.8. The molecule has 35 heavy (non-hydrogen) atoms. The summed E-state index contributed by atoms with van der Waals surface area (Å²) in [7, 11) is 3.65. The summed E-state index contributed by atoms with van der Waals surface area (Å²) < 4.78 is 7.25. The van der Waals surface area contributed by atoms with Crippen molar-refractivity contribution in [1.82, 2.24) is 19.8 Å². The SMILES string of the molecule is CNCCCc1c(-c2ccc(OC)cc2)nn2ccc(C(=O)N(CCC(C)C)CCC(C)C)cc12. The first-order valence-corrected chi connectivity index (χ1v) is 12.9. The number of nitrogens with one attached hydrogen (secondary N) is 1. The zero-order valence-electron chi connectivity index (χ0n) is 22.3. The molecule has 0 spiro atoms. The van der Waals surface area contributed by atoms with E-state index in [4.69, 9.17) is 9.84 Å². The molecule has 0 saturated carbocycles. The smallest absolute Gasteiger partial charge is 0.253 e. The molecule has 0 radical (unpaired) electrons. The summed E-state index contributed by atoms with van der Waals surface area (Å²) in [5.74, 6) is 2.06. The number of methoxy groups -OCH3 is 1. The van der Waals surface area contributed by atoms with Crippen LogP contribution in [0, 0.1) is 11.8 Å². The van der Waals surface area contributed by atoms with Gasteiger partial charge in [-0.05, 0) is 87.5 Å². The zero-order valence-corrected chi connectivity index (χ0v) is 22.3. The van der Waals surface area contributed by atoms with Crippen LogP contribution in [0.2, 0.25) is 0 Å². The summed E-state index contributed by atoms with van der Waals surface area (Å²) in [6.45, 7) is 11.3. The lowest BCUT2D eigenvalue weighted by Crippen LogP contribution is -2.34. The van der Waals surface area contributed by atoms with Crippen molar-refractivity contribution in [3.8, 4) is 17.0 Å². The molecule has 1 amide bonds. The van der Waals surface area contributed by atoms with E-state index in [0.717, 1.165) is 73.4 Å². The second kappa shape index (κ2) is 12.7. The number of amides is 1. The second-order valence-corrected chi connectivity index (χ2v) is 10.2. The van der Waals surface area contributed by atoms with Crippen molar-refractivity contribution in [2.45, 2.75) is 53.4 Å². The number of nitrogens with zero attached hydrogens (tertiary/aromatic N) is 3. The van der Waals surface area contributed by atoms with Gasteiger partial charge in [0.15, 0.2) is 0 Å². The van der Waals surface area contributed by atoms with Crippen molar-refractivity contribution in [2.24, 2.45) is 11.8 Å². The van der Waals surface area contributed by atoms with E-state index in [0.29, 0.717) is 11.8 Å². The minimum atomic E-state index is 0.113. The molecule has 6 heteroatoms. The number of pyridine rings is 1. The van der Waals surface area contributed by atoms with Crippen LogP contribution >= 0.6 is 0 Å². The van der Waals surface area contributed by atoms with Crippen molar-refractivity contribution in [3.05, 3.63) is 53.7 Å². The van der Waals surface area contributed by atoms with Crippen LogP contribution in [0.3, 0.4) is 0 Å². The van der Waals surface area contributed by atoms with E-state index in [-0.39, 0.29) is 5.91 Å². The van der Waals surface area contributed by atoms with Gasteiger partial charge in [0.05, 0.1) is 18.3 Å². The molecular formula is C29H42N4O2. The van der Waals surface area contributed by atoms with E-state index in [9.17, 15) is 4.79 Å². The number of hydrogen-bond acceptors (Lipinski definition) is 4. The third-order valence-corrected chi connectivity index (χ3v) is 6.44. The Morgan fingerprint density at radius 1 is 1.06 bits per heavy atom. The Morgan fingerprint density at radius 2 is 1.71 bits per heavy atom. The van der Waals surface area contributed by atoms with E-state index in [1.807, 2.05) is 59.1 Å². The topological polar surface area (TPSA) is 58.9 Å². The van der Waals surface area contributed by atoms with Gasteiger partial charge in [0.25, 0.3) is 5.91 Å². The molecule has 190 valence electrons. The summed E-state index contributed by atoms with van der Waals surface area (Å²) in [5, 5.41) is 8.15. The number of hydrogen-bond donors (Lipinski definition) is 1. The maximum atomic E-state index is 13.6. The van der Waals surface area contributed by atoms with Gasteiger partial charge in [-0.3, -0.25) is 4.79 Å². The molecule has 0 unspecified atom stereocenters. The molecular weight excluding hydrogens is 436 g/mol. The first kappa shape index (κ1) is 26.7. The zero-order chi connectivity index (χ0) is 25.4. The summed E-state index contributed by atoms with van der Waals surface area (Å²) >= 11 is 0. The molecule has 1 aromatic carbocycles. The molecule has 0 aliphatic rings. The lowest BCUT2D eigenvalue weighted by atomic mass is 10.0. The number of carbonyl (C=O) groups is 1. The number of carbonyl (C=O) groups excluding carboxylic acids is 1. The Hall–Kier alpha value is -2.86. The highest BCUT2D eigenvalue weighted by Crippen LogP contribution is 2.29. The molecule has 0 saturated heterocycles. The average molecular weight is 479 g/mol. The van der Waals surface area contributed by atoms with E-state index in [2.05, 4.69) is 33.0 Å². The lowest BCUT2D eigenvalue weighted by Gasteiger charge is -2.24. The van der Waals surface area contributed by atoms with Gasteiger partial charge in [-0.1, -0.05) is 27.7 Å². The molecule has 2 heterocycles. The van der Waals surface area contributed by atoms with Crippen LogP contribution in [0.4, 0.5) is 0 Å². The Morgan fingerprint density at radius 3 is 2.29 bits per heavy atom. The minimum Gasteiger partial charge on any atom is -0.497 e. The fourth-order valence-electron chi connectivity index (χ4n) is 4.22. The second-order valence-electron chi connectivity index (χ2n) is 10.2. The van der Waals surface area contributed by atoms with Crippen molar-refractivity contribution >= 4 is 11.4 Å². The van der Waals surface area contributed by atoms with Crippen LogP contribution in [0.1, 0.15) is 62.9 Å². The van der Waals surface area contributed by atoms with Crippen LogP contribution in [0.5, 0.6) is 5.75 Å². The molecule has 0 atom stereocenters. The fraction of sp³-hybridized carbons (Fsp3) is 0.517. The fourth-order valence-corrected chi connectivity index (χ4v) is 4.22. The van der Waals surface area contributed by atoms with Gasteiger partial charge in [-0.2, -0.15) is 5.10 Å². The summed E-state index contributed by atoms with van der Waals surface area (Å²) in [6, 6.07) is 12.0. The average Bonchev–Trinajstić information content (AvgIpc) is 3.21. The monoisotopic (exact) mass is 478 g/mol. The summed E-state index contributed by atoms with van der Waals surface area (Å²) in [4.78, 5) is 15.6. The van der Waals surface area contributed by atoms with Crippen LogP contribution in [-0.2, 0) is 6.42 Å². The first-order valence-electron chi connectivity index (χ1n) is 12.9. The molecule has 3 rings (SSSR count). The number of aromatic nitrogens is 2. The number of ether oxygens (including phenoxy) is 1. The molecule has 0 bridgehead atoms. The lowest BCUT2D eigenvalue weighted by molar-refractivity contribution is 0.0741. The van der Waals surface area contributed by atoms with E-state index >= 15 is 0 Å². The highest BCUT2D eigenvalue weighted by Gasteiger charge is 2.20. The van der Waals surface area contributed by atoms with Gasteiger partial charge in [0.2, 0.25) is 0 Å².